The first-order chi connectivity index (χ1) is 8.68. The Kier molecular flexibility index (Phi) is 4.66. The topological polar surface area (TPSA) is 46.2 Å². The standard InChI is InChI=1S/C15H22ClNO/c16-13-7-5-6-12(10-13)14(18)15(11-17)8-3-1-2-4-9-15/h5-7,10,14,18H,1-4,8-9,11,17H2. The van der Waals surface area contributed by atoms with E-state index in [9.17, 15) is 5.11 Å². The third-order valence-corrected chi connectivity index (χ3v) is 4.49. The molecule has 1 aromatic carbocycles. The smallest absolute Gasteiger partial charge is 0.0858 e. The zero-order valence-electron chi connectivity index (χ0n) is 10.7. The van der Waals surface area contributed by atoms with E-state index >= 15 is 0 Å². The average molecular weight is 268 g/mol. The van der Waals surface area contributed by atoms with E-state index < -0.39 is 6.10 Å². The summed E-state index contributed by atoms with van der Waals surface area (Å²) in [5.41, 5.74) is 6.72. The number of aliphatic hydroxyl groups excluding tert-OH is 1. The lowest BCUT2D eigenvalue weighted by molar-refractivity contribution is 0.0166. The van der Waals surface area contributed by atoms with Crippen LogP contribution < -0.4 is 5.73 Å². The first-order valence-electron chi connectivity index (χ1n) is 6.81. The second kappa shape index (κ2) is 6.05. The van der Waals surface area contributed by atoms with Crippen molar-refractivity contribution in [1.29, 1.82) is 0 Å². The minimum absolute atomic E-state index is 0.165. The highest BCUT2D eigenvalue weighted by Gasteiger charge is 2.37. The fourth-order valence-corrected chi connectivity index (χ4v) is 3.25. The maximum atomic E-state index is 10.7. The molecule has 2 rings (SSSR count). The largest absolute Gasteiger partial charge is 0.388 e. The normalized spacial score (nSPS) is 21.3. The fourth-order valence-electron chi connectivity index (χ4n) is 3.05. The molecule has 1 aliphatic rings. The Morgan fingerprint density at radius 3 is 2.44 bits per heavy atom. The maximum Gasteiger partial charge on any atom is 0.0858 e. The van der Waals surface area contributed by atoms with Gasteiger partial charge in [0.05, 0.1) is 6.10 Å². The van der Waals surface area contributed by atoms with Crippen molar-refractivity contribution in [2.75, 3.05) is 6.54 Å². The van der Waals surface area contributed by atoms with Gasteiger partial charge in [-0.1, -0.05) is 49.4 Å². The molecule has 0 aliphatic heterocycles. The first kappa shape index (κ1) is 13.9. The van der Waals surface area contributed by atoms with Crippen molar-refractivity contribution in [3.63, 3.8) is 0 Å². The van der Waals surface area contributed by atoms with Gasteiger partial charge in [-0.25, -0.2) is 0 Å². The molecule has 3 heteroatoms. The van der Waals surface area contributed by atoms with Crippen molar-refractivity contribution in [3.05, 3.63) is 34.9 Å². The van der Waals surface area contributed by atoms with E-state index in [1.54, 1.807) is 0 Å². The minimum atomic E-state index is -0.501. The van der Waals surface area contributed by atoms with Crippen LogP contribution in [0.25, 0.3) is 0 Å². The predicted octanol–water partition coefficient (Wildman–Crippen LogP) is 3.67. The highest BCUT2D eigenvalue weighted by atomic mass is 35.5. The molecular weight excluding hydrogens is 246 g/mol. The Labute approximate surface area is 114 Å². The molecule has 1 fully saturated rings. The zero-order valence-corrected chi connectivity index (χ0v) is 11.5. The second-order valence-corrected chi connectivity index (χ2v) is 5.87. The molecule has 100 valence electrons. The Balaban J connectivity index is 2.25. The van der Waals surface area contributed by atoms with Crippen LogP contribution in [0.15, 0.2) is 24.3 Å². The summed E-state index contributed by atoms with van der Waals surface area (Å²) in [7, 11) is 0. The van der Waals surface area contributed by atoms with Crippen LogP contribution in [0, 0.1) is 5.41 Å². The van der Waals surface area contributed by atoms with Gasteiger partial charge in [-0.3, -0.25) is 0 Å². The van der Waals surface area contributed by atoms with Crippen LogP contribution in [0.3, 0.4) is 0 Å². The van der Waals surface area contributed by atoms with Crippen LogP contribution in [0.1, 0.15) is 50.2 Å². The fraction of sp³-hybridized carbons (Fsp3) is 0.600. The Bertz CT molecular complexity index is 386. The molecule has 3 N–H and O–H groups in total. The van der Waals surface area contributed by atoms with Crippen molar-refractivity contribution in [1.82, 2.24) is 0 Å². The molecule has 2 nitrogen and oxygen atoms in total. The van der Waals surface area contributed by atoms with Crippen molar-refractivity contribution in [3.8, 4) is 0 Å². The van der Waals surface area contributed by atoms with Crippen molar-refractivity contribution >= 4 is 11.6 Å². The van der Waals surface area contributed by atoms with Gasteiger partial charge in [0, 0.05) is 17.0 Å². The summed E-state index contributed by atoms with van der Waals surface area (Å²) in [6.07, 6.45) is 6.35. The predicted molar refractivity (Wildman–Crippen MR) is 75.6 cm³/mol. The molecule has 1 atom stereocenters. The van der Waals surface area contributed by atoms with Gasteiger partial charge in [-0.2, -0.15) is 0 Å². The highest BCUT2D eigenvalue weighted by molar-refractivity contribution is 6.30. The summed E-state index contributed by atoms with van der Waals surface area (Å²) in [5.74, 6) is 0. The number of rotatable bonds is 3. The molecule has 0 amide bonds. The van der Waals surface area contributed by atoms with Gasteiger partial charge in [-0.15, -0.1) is 0 Å². The quantitative estimate of drug-likeness (QED) is 0.821. The van der Waals surface area contributed by atoms with Crippen molar-refractivity contribution in [2.45, 2.75) is 44.6 Å². The van der Waals surface area contributed by atoms with Crippen molar-refractivity contribution < 1.29 is 5.11 Å². The van der Waals surface area contributed by atoms with Crippen molar-refractivity contribution in [2.24, 2.45) is 11.1 Å². The van der Waals surface area contributed by atoms with Gasteiger partial charge in [0.2, 0.25) is 0 Å². The van der Waals surface area contributed by atoms with E-state index in [1.807, 2.05) is 24.3 Å². The summed E-state index contributed by atoms with van der Waals surface area (Å²) in [5, 5.41) is 11.4. The number of hydrogen-bond acceptors (Lipinski definition) is 2. The number of aliphatic hydroxyl groups is 1. The van der Waals surface area contributed by atoms with Crippen LogP contribution in [0.4, 0.5) is 0 Å². The van der Waals surface area contributed by atoms with Gasteiger partial charge >= 0.3 is 0 Å². The number of halogens is 1. The van der Waals surface area contributed by atoms with Crippen LogP contribution in [-0.2, 0) is 0 Å². The molecule has 18 heavy (non-hydrogen) atoms. The van der Waals surface area contributed by atoms with Crippen LogP contribution in [0.5, 0.6) is 0 Å². The van der Waals surface area contributed by atoms with E-state index in [0.717, 1.165) is 31.2 Å². The molecule has 0 heterocycles. The summed E-state index contributed by atoms with van der Waals surface area (Å²) in [6.45, 7) is 0.542. The molecule has 1 saturated carbocycles. The molecule has 0 spiro atoms. The second-order valence-electron chi connectivity index (χ2n) is 5.44. The molecule has 1 unspecified atom stereocenters. The Morgan fingerprint density at radius 2 is 1.89 bits per heavy atom. The van der Waals surface area contributed by atoms with Gasteiger partial charge in [0.15, 0.2) is 0 Å². The Hall–Kier alpha value is -0.570. The van der Waals surface area contributed by atoms with E-state index in [-0.39, 0.29) is 5.41 Å². The van der Waals surface area contributed by atoms with Gasteiger partial charge in [0.25, 0.3) is 0 Å². The molecule has 0 aromatic heterocycles. The maximum absolute atomic E-state index is 10.7. The van der Waals surface area contributed by atoms with Gasteiger partial charge in [-0.05, 0) is 30.5 Å². The third-order valence-electron chi connectivity index (χ3n) is 4.25. The molecule has 0 saturated heterocycles. The summed E-state index contributed by atoms with van der Waals surface area (Å²) in [6, 6.07) is 7.52. The summed E-state index contributed by atoms with van der Waals surface area (Å²) in [4.78, 5) is 0. The molecule has 1 aromatic rings. The Morgan fingerprint density at radius 1 is 1.22 bits per heavy atom. The monoisotopic (exact) mass is 267 g/mol. The number of hydrogen-bond donors (Lipinski definition) is 2. The number of nitrogens with two attached hydrogens (primary N) is 1. The third kappa shape index (κ3) is 2.87. The molecular formula is C15H22ClNO. The van der Waals surface area contributed by atoms with Crippen LogP contribution in [-0.4, -0.2) is 11.7 Å². The van der Waals surface area contributed by atoms with Gasteiger partial charge in [0.1, 0.15) is 0 Å². The van der Waals surface area contributed by atoms with E-state index in [2.05, 4.69) is 0 Å². The average Bonchev–Trinajstić information content (AvgIpc) is 2.64. The zero-order chi connectivity index (χ0) is 13.0. The van der Waals surface area contributed by atoms with E-state index in [0.29, 0.717) is 11.6 Å². The summed E-state index contributed by atoms with van der Waals surface area (Å²) < 4.78 is 0. The number of benzene rings is 1. The first-order valence-corrected chi connectivity index (χ1v) is 7.19. The SMILES string of the molecule is NCC1(C(O)c2cccc(Cl)c2)CCCCCC1. The van der Waals surface area contributed by atoms with E-state index in [4.69, 9.17) is 17.3 Å². The highest BCUT2D eigenvalue weighted by Crippen LogP contribution is 2.44. The summed E-state index contributed by atoms with van der Waals surface area (Å²) >= 11 is 6.01. The lowest BCUT2D eigenvalue weighted by Gasteiger charge is -2.36. The van der Waals surface area contributed by atoms with Gasteiger partial charge < -0.3 is 10.8 Å². The lowest BCUT2D eigenvalue weighted by atomic mass is 9.73. The minimum Gasteiger partial charge on any atom is -0.388 e. The molecule has 0 bridgehead atoms. The van der Waals surface area contributed by atoms with Crippen LogP contribution in [0.2, 0.25) is 5.02 Å². The van der Waals surface area contributed by atoms with Crippen LogP contribution >= 0.6 is 11.6 Å². The van der Waals surface area contributed by atoms with E-state index in [1.165, 1.54) is 12.8 Å². The molecule has 0 radical (unpaired) electrons. The lowest BCUT2D eigenvalue weighted by Crippen LogP contribution is -2.36. The molecule has 1 aliphatic carbocycles.